The minimum absolute atomic E-state index is 0.137. The lowest BCUT2D eigenvalue weighted by Crippen LogP contribution is -2.38. The number of aryl methyl sites for hydroxylation is 1. The Balaban J connectivity index is 1.25. The molecule has 7 rings (SSSR count). The van der Waals surface area contributed by atoms with E-state index in [2.05, 4.69) is 90.6 Å². The second-order valence-corrected chi connectivity index (χ2v) is 11.9. The molecule has 0 bridgehead atoms. The second kappa shape index (κ2) is 12.5. The van der Waals surface area contributed by atoms with E-state index < -0.39 is 0 Å². The van der Waals surface area contributed by atoms with Crippen LogP contribution in [0.1, 0.15) is 48.2 Å². The molecule has 1 amide bonds. The number of hydrogen-bond acceptors (Lipinski definition) is 6. The third-order valence-corrected chi connectivity index (χ3v) is 8.88. The molecule has 1 saturated heterocycles. The quantitative estimate of drug-likeness (QED) is 0.190. The highest BCUT2D eigenvalue weighted by Gasteiger charge is 2.29. The molecule has 1 unspecified atom stereocenters. The van der Waals surface area contributed by atoms with Crippen LogP contribution in [-0.2, 0) is 11.2 Å². The van der Waals surface area contributed by atoms with Crippen LogP contribution in [0.2, 0.25) is 0 Å². The van der Waals surface area contributed by atoms with Crippen LogP contribution in [0.4, 0.5) is 5.82 Å². The van der Waals surface area contributed by atoms with Gasteiger partial charge in [-0.3, -0.25) is 4.79 Å². The standard InChI is InChI=1S/C38H37N5O2/c1-3-32(29-11-5-4-6-12-29)38(44)43-21-9-20-42(22-23-43)36-34-35(31-19-18-28-10-7-8-13-30(28)25-31)41-45-37(34)40-33(39-36)24-27-16-14-26(2)15-17-27/h4-8,10-19,25,32H,3,9,20-24H2,1-2H3. The van der Waals surface area contributed by atoms with Crippen molar-refractivity contribution in [1.82, 2.24) is 20.0 Å². The third-order valence-electron chi connectivity index (χ3n) is 8.88. The molecule has 0 N–H and O–H groups in total. The lowest BCUT2D eigenvalue weighted by molar-refractivity contribution is -0.132. The van der Waals surface area contributed by atoms with E-state index in [0.717, 1.165) is 58.4 Å². The van der Waals surface area contributed by atoms with Crippen molar-refractivity contribution in [3.8, 4) is 11.3 Å². The van der Waals surface area contributed by atoms with Crippen molar-refractivity contribution in [2.45, 2.75) is 39.0 Å². The fraction of sp³-hybridized carbons (Fsp3) is 0.263. The van der Waals surface area contributed by atoms with Gasteiger partial charge in [-0.15, -0.1) is 0 Å². The highest BCUT2D eigenvalue weighted by atomic mass is 16.5. The van der Waals surface area contributed by atoms with Gasteiger partial charge in [-0.1, -0.05) is 109 Å². The summed E-state index contributed by atoms with van der Waals surface area (Å²) >= 11 is 0. The Hall–Kier alpha value is -5.04. The average Bonchev–Trinajstić information content (AvgIpc) is 3.34. The van der Waals surface area contributed by atoms with Crippen molar-refractivity contribution in [2.24, 2.45) is 0 Å². The maximum atomic E-state index is 13.8. The topological polar surface area (TPSA) is 75.4 Å². The molecule has 6 aromatic rings. The molecule has 7 nitrogen and oxygen atoms in total. The zero-order chi connectivity index (χ0) is 30.8. The highest BCUT2D eigenvalue weighted by molar-refractivity contribution is 6.00. The Labute approximate surface area is 263 Å². The van der Waals surface area contributed by atoms with Gasteiger partial charge in [0.15, 0.2) is 0 Å². The number of benzene rings is 4. The van der Waals surface area contributed by atoms with Crippen molar-refractivity contribution in [2.75, 3.05) is 31.1 Å². The molecule has 1 fully saturated rings. The first-order chi connectivity index (χ1) is 22.1. The summed E-state index contributed by atoms with van der Waals surface area (Å²) in [4.78, 5) is 28.2. The molecule has 2 aromatic heterocycles. The highest BCUT2D eigenvalue weighted by Crippen LogP contribution is 2.36. The summed E-state index contributed by atoms with van der Waals surface area (Å²) in [6.45, 7) is 6.94. The summed E-state index contributed by atoms with van der Waals surface area (Å²) in [5, 5.41) is 7.67. The smallest absolute Gasteiger partial charge is 0.263 e. The van der Waals surface area contributed by atoms with Crippen LogP contribution < -0.4 is 4.90 Å². The number of fused-ring (bicyclic) bond motifs is 2. The minimum atomic E-state index is -0.137. The number of amides is 1. The van der Waals surface area contributed by atoms with E-state index in [1.807, 2.05) is 35.2 Å². The molecule has 7 heteroatoms. The Morgan fingerprint density at radius 1 is 0.844 bits per heavy atom. The zero-order valence-corrected chi connectivity index (χ0v) is 25.8. The predicted octanol–water partition coefficient (Wildman–Crippen LogP) is 7.57. The summed E-state index contributed by atoms with van der Waals surface area (Å²) in [6, 6.07) is 33.3. The Morgan fingerprint density at radius 2 is 1.62 bits per heavy atom. The summed E-state index contributed by atoms with van der Waals surface area (Å²) in [7, 11) is 0. The van der Waals surface area contributed by atoms with E-state index >= 15 is 0 Å². The van der Waals surface area contributed by atoms with Gasteiger partial charge in [0.2, 0.25) is 5.91 Å². The number of carbonyl (C=O) groups is 1. The van der Waals surface area contributed by atoms with Crippen molar-refractivity contribution in [3.05, 3.63) is 120 Å². The first-order valence-corrected chi connectivity index (χ1v) is 15.9. The average molecular weight is 596 g/mol. The lowest BCUT2D eigenvalue weighted by Gasteiger charge is -2.26. The molecule has 3 heterocycles. The first kappa shape index (κ1) is 28.7. The molecule has 0 aliphatic carbocycles. The SMILES string of the molecule is CCC(C(=O)N1CCCN(c2nc(Cc3ccc(C)cc3)nc3onc(-c4ccc5ccccc5c4)c23)CC1)c1ccccc1. The molecule has 1 aliphatic heterocycles. The summed E-state index contributed by atoms with van der Waals surface area (Å²) in [5.74, 6) is 1.56. The predicted molar refractivity (Wildman–Crippen MR) is 179 cm³/mol. The van der Waals surface area contributed by atoms with Gasteiger partial charge in [0.25, 0.3) is 5.71 Å². The van der Waals surface area contributed by atoms with Gasteiger partial charge >= 0.3 is 0 Å². The molecule has 0 radical (unpaired) electrons. The maximum Gasteiger partial charge on any atom is 0.263 e. The van der Waals surface area contributed by atoms with Crippen molar-refractivity contribution >= 4 is 33.6 Å². The minimum Gasteiger partial charge on any atom is -0.354 e. The molecule has 0 spiro atoms. The third kappa shape index (κ3) is 5.90. The maximum absolute atomic E-state index is 13.8. The van der Waals surface area contributed by atoms with Crippen molar-refractivity contribution < 1.29 is 9.32 Å². The number of anilines is 1. The van der Waals surface area contributed by atoms with Gasteiger partial charge in [0.05, 0.1) is 5.92 Å². The second-order valence-electron chi connectivity index (χ2n) is 11.9. The largest absolute Gasteiger partial charge is 0.354 e. The van der Waals surface area contributed by atoms with Crippen LogP contribution in [0, 0.1) is 6.92 Å². The summed E-state index contributed by atoms with van der Waals surface area (Å²) < 4.78 is 5.94. The Kier molecular flexibility index (Phi) is 7.99. The number of aromatic nitrogens is 3. The van der Waals surface area contributed by atoms with Crippen LogP contribution in [0.15, 0.2) is 102 Å². The number of nitrogens with zero attached hydrogens (tertiary/aromatic N) is 5. The molecule has 226 valence electrons. The number of rotatable bonds is 7. The summed E-state index contributed by atoms with van der Waals surface area (Å²) in [5.41, 5.74) is 5.61. The van der Waals surface area contributed by atoms with Crippen LogP contribution in [0.5, 0.6) is 0 Å². The van der Waals surface area contributed by atoms with Crippen molar-refractivity contribution in [3.63, 3.8) is 0 Å². The van der Waals surface area contributed by atoms with Crippen LogP contribution in [0.25, 0.3) is 33.1 Å². The fourth-order valence-electron chi connectivity index (χ4n) is 6.42. The van der Waals surface area contributed by atoms with Crippen molar-refractivity contribution in [1.29, 1.82) is 0 Å². The van der Waals surface area contributed by atoms with Gasteiger partial charge in [-0.25, -0.2) is 4.98 Å². The number of hydrogen-bond donors (Lipinski definition) is 0. The molecule has 1 atom stereocenters. The molecule has 4 aromatic carbocycles. The molecular weight excluding hydrogens is 558 g/mol. The molecule has 0 saturated carbocycles. The first-order valence-electron chi connectivity index (χ1n) is 15.9. The van der Waals surface area contributed by atoms with E-state index in [-0.39, 0.29) is 11.8 Å². The normalized spacial score (nSPS) is 14.5. The van der Waals surface area contributed by atoms with Gasteiger partial charge in [0, 0.05) is 38.2 Å². The van der Waals surface area contributed by atoms with Gasteiger partial charge in [-0.05, 0) is 47.7 Å². The van der Waals surface area contributed by atoms with E-state index in [1.165, 1.54) is 10.9 Å². The van der Waals surface area contributed by atoms with Gasteiger partial charge in [-0.2, -0.15) is 4.98 Å². The zero-order valence-electron chi connectivity index (χ0n) is 25.8. The Morgan fingerprint density at radius 3 is 2.42 bits per heavy atom. The summed E-state index contributed by atoms with van der Waals surface area (Å²) in [6.07, 6.45) is 2.20. The van der Waals surface area contributed by atoms with Gasteiger partial charge < -0.3 is 14.3 Å². The Bertz CT molecular complexity index is 1950. The van der Waals surface area contributed by atoms with E-state index in [4.69, 9.17) is 14.5 Å². The van der Waals surface area contributed by atoms with Gasteiger partial charge in [0.1, 0.15) is 22.7 Å². The molecule has 1 aliphatic rings. The van der Waals surface area contributed by atoms with E-state index in [9.17, 15) is 4.79 Å². The monoisotopic (exact) mass is 595 g/mol. The fourth-order valence-corrected chi connectivity index (χ4v) is 6.42. The van der Waals surface area contributed by atoms with E-state index in [0.29, 0.717) is 37.6 Å². The number of carbonyl (C=O) groups excluding carboxylic acids is 1. The molecule has 45 heavy (non-hydrogen) atoms. The molecular formula is C38H37N5O2. The van der Waals surface area contributed by atoms with E-state index in [1.54, 1.807) is 0 Å². The van der Waals surface area contributed by atoms with Crippen LogP contribution >= 0.6 is 0 Å². The van der Waals surface area contributed by atoms with Crippen LogP contribution in [-0.4, -0.2) is 52.1 Å². The van der Waals surface area contributed by atoms with Crippen LogP contribution in [0.3, 0.4) is 0 Å². The lowest BCUT2D eigenvalue weighted by atomic mass is 9.95.